The molecule has 1 N–H and O–H groups in total. The van der Waals surface area contributed by atoms with Crippen LogP contribution in [0.4, 0.5) is 0 Å². The lowest BCUT2D eigenvalue weighted by Gasteiger charge is -2.19. The van der Waals surface area contributed by atoms with Crippen molar-refractivity contribution in [2.45, 2.75) is 57.0 Å². The maximum absolute atomic E-state index is 3.63. The van der Waals surface area contributed by atoms with Crippen molar-refractivity contribution in [3.05, 3.63) is 0 Å². The van der Waals surface area contributed by atoms with Crippen molar-refractivity contribution in [2.75, 3.05) is 0 Å². The van der Waals surface area contributed by atoms with Crippen LogP contribution in [0.2, 0.25) is 0 Å². The van der Waals surface area contributed by atoms with Crippen LogP contribution in [-0.4, -0.2) is 11.6 Å². The van der Waals surface area contributed by atoms with Crippen LogP contribution in [0, 0.1) is 0 Å². The first-order valence-electron chi connectivity index (χ1n) is 4.65. The zero-order chi connectivity index (χ0) is 7.03. The zero-order valence-electron chi connectivity index (χ0n) is 6.82. The van der Waals surface area contributed by atoms with E-state index in [1.54, 1.807) is 0 Å². The molecule has 2 aliphatic rings. The van der Waals surface area contributed by atoms with E-state index in [-0.39, 0.29) is 0 Å². The van der Waals surface area contributed by atoms with Crippen molar-refractivity contribution in [3.63, 3.8) is 0 Å². The minimum Gasteiger partial charge on any atom is -0.305 e. The molecule has 0 bridgehead atoms. The van der Waals surface area contributed by atoms with E-state index in [4.69, 9.17) is 0 Å². The molecule has 1 saturated heterocycles. The average Bonchev–Trinajstić information content (AvgIpc) is 2.65. The molecule has 1 unspecified atom stereocenters. The minimum absolute atomic E-state index is 0.646. The molecule has 1 saturated carbocycles. The van der Waals surface area contributed by atoms with Gasteiger partial charge < -0.3 is 5.32 Å². The fourth-order valence-corrected chi connectivity index (χ4v) is 2.47. The van der Waals surface area contributed by atoms with Crippen molar-refractivity contribution >= 4 is 0 Å². The lowest BCUT2D eigenvalue weighted by atomic mass is 9.85. The summed E-state index contributed by atoms with van der Waals surface area (Å²) in [6.07, 6.45) is 8.63. The van der Waals surface area contributed by atoms with Gasteiger partial charge in [-0.25, -0.2) is 0 Å². The van der Waals surface area contributed by atoms with Crippen LogP contribution < -0.4 is 5.32 Å². The van der Waals surface area contributed by atoms with Gasteiger partial charge >= 0.3 is 0 Å². The standard InChI is InChI=1S/C9H17N/c1-2-8-9(10-8)6-4-3-5-7-9/h8,10H,2-7H2,1H3. The third-order valence-electron chi connectivity index (χ3n) is 3.20. The van der Waals surface area contributed by atoms with E-state index in [1.807, 2.05) is 0 Å². The van der Waals surface area contributed by atoms with Gasteiger partial charge in [-0.3, -0.25) is 0 Å². The van der Waals surface area contributed by atoms with Crippen LogP contribution in [-0.2, 0) is 0 Å². The van der Waals surface area contributed by atoms with Crippen LogP contribution in [0.15, 0.2) is 0 Å². The molecular weight excluding hydrogens is 122 g/mol. The second-order valence-corrected chi connectivity index (χ2v) is 3.82. The van der Waals surface area contributed by atoms with Gasteiger partial charge in [-0.1, -0.05) is 26.2 Å². The third kappa shape index (κ3) is 0.878. The Labute approximate surface area is 63.2 Å². The highest BCUT2D eigenvalue weighted by Crippen LogP contribution is 2.42. The maximum atomic E-state index is 3.63. The van der Waals surface area contributed by atoms with Gasteiger partial charge in [-0.05, 0) is 19.3 Å². The normalized spacial score (nSPS) is 36.3. The molecule has 1 aliphatic heterocycles. The molecule has 58 valence electrons. The SMILES string of the molecule is CCC1NC12CCCCC2. The minimum atomic E-state index is 0.646. The Bertz CT molecular complexity index is 125. The smallest absolute Gasteiger partial charge is 0.0338 e. The Balaban J connectivity index is 1.92. The van der Waals surface area contributed by atoms with Gasteiger partial charge in [0.2, 0.25) is 0 Å². The van der Waals surface area contributed by atoms with E-state index < -0.39 is 0 Å². The summed E-state index contributed by atoms with van der Waals surface area (Å²) in [6, 6.07) is 0.882. The molecule has 0 amide bonds. The van der Waals surface area contributed by atoms with Gasteiger partial charge in [0.1, 0.15) is 0 Å². The second-order valence-electron chi connectivity index (χ2n) is 3.82. The molecule has 0 aromatic carbocycles. The van der Waals surface area contributed by atoms with E-state index in [0.29, 0.717) is 5.54 Å². The van der Waals surface area contributed by atoms with Gasteiger partial charge in [0.25, 0.3) is 0 Å². The number of hydrogen-bond donors (Lipinski definition) is 1. The maximum Gasteiger partial charge on any atom is 0.0338 e. The van der Waals surface area contributed by atoms with E-state index >= 15 is 0 Å². The van der Waals surface area contributed by atoms with Crippen molar-refractivity contribution in [2.24, 2.45) is 0 Å². The molecule has 1 heteroatoms. The van der Waals surface area contributed by atoms with E-state index in [9.17, 15) is 0 Å². The Morgan fingerprint density at radius 2 is 2.00 bits per heavy atom. The van der Waals surface area contributed by atoms with E-state index in [0.717, 1.165) is 6.04 Å². The summed E-state index contributed by atoms with van der Waals surface area (Å²) in [5.74, 6) is 0. The lowest BCUT2D eigenvalue weighted by Crippen LogP contribution is -2.20. The second kappa shape index (κ2) is 2.23. The topological polar surface area (TPSA) is 21.9 Å². The molecular formula is C9H17N. The average molecular weight is 139 g/mol. The first-order valence-corrected chi connectivity index (χ1v) is 4.65. The van der Waals surface area contributed by atoms with Crippen molar-refractivity contribution < 1.29 is 0 Å². The van der Waals surface area contributed by atoms with E-state index in [2.05, 4.69) is 12.2 Å². The van der Waals surface area contributed by atoms with Crippen molar-refractivity contribution in [1.29, 1.82) is 0 Å². The van der Waals surface area contributed by atoms with Crippen LogP contribution >= 0.6 is 0 Å². The summed E-state index contributed by atoms with van der Waals surface area (Å²) in [4.78, 5) is 0. The summed E-state index contributed by atoms with van der Waals surface area (Å²) < 4.78 is 0. The Morgan fingerprint density at radius 3 is 2.50 bits per heavy atom. The predicted octanol–water partition coefficient (Wildman–Crippen LogP) is 2.07. The quantitative estimate of drug-likeness (QED) is 0.552. The molecule has 0 aromatic rings. The fraction of sp³-hybridized carbons (Fsp3) is 1.00. The van der Waals surface area contributed by atoms with Crippen molar-refractivity contribution in [3.8, 4) is 0 Å². The van der Waals surface area contributed by atoms with Crippen molar-refractivity contribution in [1.82, 2.24) is 5.32 Å². The van der Waals surface area contributed by atoms with Crippen LogP contribution in [0.3, 0.4) is 0 Å². The highest BCUT2D eigenvalue weighted by molar-refractivity contribution is 5.14. The lowest BCUT2D eigenvalue weighted by molar-refractivity contribution is 0.397. The summed E-state index contributed by atoms with van der Waals surface area (Å²) in [7, 11) is 0. The Morgan fingerprint density at radius 1 is 1.30 bits per heavy atom. The number of nitrogens with one attached hydrogen (secondary N) is 1. The molecule has 1 atom stereocenters. The molecule has 2 rings (SSSR count). The van der Waals surface area contributed by atoms with E-state index in [1.165, 1.54) is 38.5 Å². The van der Waals surface area contributed by atoms with Gasteiger partial charge in [0.05, 0.1) is 0 Å². The first kappa shape index (κ1) is 6.66. The molecule has 0 aromatic heterocycles. The highest BCUT2D eigenvalue weighted by atomic mass is 15.2. The third-order valence-corrected chi connectivity index (χ3v) is 3.20. The molecule has 1 aliphatic carbocycles. The van der Waals surface area contributed by atoms with Crippen LogP contribution in [0.25, 0.3) is 0 Å². The van der Waals surface area contributed by atoms with Gasteiger partial charge in [-0.15, -0.1) is 0 Å². The summed E-state index contributed by atoms with van der Waals surface area (Å²) in [5, 5.41) is 3.63. The van der Waals surface area contributed by atoms with Crippen LogP contribution in [0.1, 0.15) is 45.4 Å². The summed E-state index contributed by atoms with van der Waals surface area (Å²) in [6.45, 7) is 2.29. The summed E-state index contributed by atoms with van der Waals surface area (Å²) >= 11 is 0. The first-order chi connectivity index (χ1) is 4.87. The van der Waals surface area contributed by atoms with Gasteiger partial charge in [-0.2, -0.15) is 0 Å². The molecule has 1 heterocycles. The Kier molecular flexibility index (Phi) is 1.48. The highest BCUT2D eigenvalue weighted by Gasteiger charge is 2.51. The number of hydrogen-bond acceptors (Lipinski definition) is 1. The summed E-state index contributed by atoms with van der Waals surface area (Å²) in [5.41, 5.74) is 0.646. The van der Waals surface area contributed by atoms with Gasteiger partial charge in [0.15, 0.2) is 0 Å². The van der Waals surface area contributed by atoms with Gasteiger partial charge in [0, 0.05) is 11.6 Å². The molecule has 0 radical (unpaired) electrons. The molecule has 1 nitrogen and oxygen atoms in total. The largest absolute Gasteiger partial charge is 0.305 e. The molecule has 10 heavy (non-hydrogen) atoms. The monoisotopic (exact) mass is 139 g/mol. The zero-order valence-corrected chi connectivity index (χ0v) is 6.82. The van der Waals surface area contributed by atoms with Crippen LogP contribution in [0.5, 0.6) is 0 Å². The number of rotatable bonds is 1. The molecule has 2 fully saturated rings. The fourth-order valence-electron chi connectivity index (χ4n) is 2.47. The predicted molar refractivity (Wildman–Crippen MR) is 43.0 cm³/mol. The molecule has 1 spiro atoms. The Hall–Kier alpha value is -0.0400.